The maximum Gasteiger partial charge on any atom is 0.318 e. The van der Waals surface area contributed by atoms with Gasteiger partial charge in [0.1, 0.15) is 18.1 Å². The number of non-ortho nitro benzene ring substituents is 1. The molecule has 0 radical (unpaired) electrons. The number of ether oxygens (including phenoxy) is 2. The van der Waals surface area contributed by atoms with E-state index in [0.29, 0.717) is 11.3 Å². The lowest BCUT2D eigenvalue weighted by Crippen LogP contribution is -2.32. The summed E-state index contributed by atoms with van der Waals surface area (Å²) in [6.07, 6.45) is 1.46. The van der Waals surface area contributed by atoms with Gasteiger partial charge in [0.15, 0.2) is 0 Å². The molecule has 4 rings (SSSR count). The highest BCUT2D eigenvalue weighted by Gasteiger charge is 2.35. The number of benzene rings is 3. The monoisotopic (exact) mass is 521 g/mol. The molecule has 3 aromatic carbocycles. The Morgan fingerprint density at radius 1 is 0.946 bits per heavy atom. The fraction of sp³-hybridized carbons (Fsp3) is 0.120. The minimum Gasteiger partial charge on any atom is -0.492 e. The van der Waals surface area contributed by atoms with Crippen LogP contribution in [0.5, 0.6) is 17.2 Å². The average molecular weight is 522 g/mol. The van der Waals surface area contributed by atoms with Crippen LogP contribution in [0.15, 0.2) is 71.6 Å². The lowest BCUT2D eigenvalue weighted by Gasteiger charge is -2.13. The molecule has 0 N–H and O–H groups in total. The summed E-state index contributed by atoms with van der Waals surface area (Å²) in [5.41, 5.74) is 0.369. The van der Waals surface area contributed by atoms with Crippen molar-refractivity contribution < 1.29 is 28.9 Å². The molecule has 0 atom stereocenters. The lowest BCUT2D eigenvalue weighted by atomic mass is 10.1. The smallest absolute Gasteiger partial charge is 0.318 e. The fourth-order valence-electron chi connectivity index (χ4n) is 3.45. The Bertz CT molecular complexity index is 1440. The van der Waals surface area contributed by atoms with Gasteiger partial charge in [-0.05, 0) is 54.6 Å². The van der Waals surface area contributed by atoms with Crippen LogP contribution in [-0.4, -0.2) is 39.0 Å². The predicted octanol–water partition coefficient (Wildman–Crippen LogP) is 5.72. The number of nitrogens with zero attached hydrogens (tertiary/aromatic N) is 3. The minimum atomic E-state index is -0.783. The first kappa shape index (κ1) is 25.4. The van der Waals surface area contributed by atoms with Gasteiger partial charge in [-0.1, -0.05) is 30.3 Å². The number of hydrogen-bond acceptors (Lipinski definition) is 9. The van der Waals surface area contributed by atoms with Gasteiger partial charge in [-0.15, -0.1) is 0 Å². The Morgan fingerprint density at radius 3 is 2.46 bits per heavy atom. The predicted molar refractivity (Wildman–Crippen MR) is 136 cm³/mol. The zero-order chi connectivity index (χ0) is 26.5. The molecule has 1 fully saturated rings. The molecule has 11 nitrogen and oxygen atoms in total. The maximum atomic E-state index is 12.9. The molecule has 0 aliphatic carbocycles. The molecule has 0 saturated carbocycles. The highest BCUT2D eigenvalue weighted by molar-refractivity contribution is 8.18. The second kappa shape index (κ2) is 10.9. The number of aryl methyl sites for hydroxylation is 1. The number of imide groups is 1. The summed E-state index contributed by atoms with van der Waals surface area (Å²) in [4.78, 5) is 47.5. The van der Waals surface area contributed by atoms with Crippen LogP contribution >= 0.6 is 11.8 Å². The van der Waals surface area contributed by atoms with E-state index in [1.165, 1.54) is 12.1 Å². The van der Waals surface area contributed by atoms with Crippen molar-refractivity contribution in [3.8, 4) is 17.2 Å². The van der Waals surface area contributed by atoms with Crippen molar-refractivity contribution in [2.45, 2.75) is 6.92 Å². The summed E-state index contributed by atoms with van der Waals surface area (Å²) in [7, 11) is 0. The van der Waals surface area contributed by atoms with Crippen LogP contribution in [0, 0.1) is 27.2 Å². The van der Waals surface area contributed by atoms with Crippen molar-refractivity contribution in [2.75, 3.05) is 13.2 Å². The minimum absolute atomic E-state index is 0.0586. The number of carbonyl (C=O) groups is 2. The van der Waals surface area contributed by atoms with Gasteiger partial charge in [0.25, 0.3) is 16.8 Å². The summed E-state index contributed by atoms with van der Waals surface area (Å²) in [5, 5.41) is 22.0. The third-order valence-electron chi connectivity index (χ3n) is 5.22. The van der Waals surface area contributed by atoms with E-state index < -0.39 is 32.4 Å². The Balaban J connectivity index is 1.52. The van der Waals surface area contributed by atoms with E-state index in [2.05, 4.69) is 0 Å². The van der Waals surface area contributed by atoms with E-state index in [1.54, 1.807) is 24.3 Å². The first-order valence-corrected chi connectivity index (χ1v) is 11.7. The van der Waals surface area contributed by atoms with E-state index in [0.717, 1.165) is 40.4 Å². The SMILES string of the molecule is Cc1cccc(OCCN2C(=O)S/C(=C\c3ccccc3Oc3ccc([N+](=O)[O-])cc3[N+](=O)[O-])C2=O)c1. The Kier molecular flexibility index (Phi) is 7.49. The van der Waals surface area contributed by atoms with Gasteiger partial charge in [0.2, 0.25) is 5.75 Å². The van der Waals surface area contributed by atoms with Crippen LogP contribution in [-0.2, 0) is 4.79 Å². The number of thioether (sulfide) groups is 1. The molecule has 0 bridgehead atoms. The van der Waals surface area contributed by atoms with Gasteiger partial charge < -0.3 is 9.47 Å². The van der Waals surface area contributed by atoms with Crippen LogP contribution in [0.4, 0.5) is 16.2 Å². The van der Waals surface area contributed by atoms with E-state index in [4.69, 9.17) is 9.47 Å². The van der Waals surface area contributed by atoms with Gasteiger partial charge in [-0.25, -0.2) is 0 Å². The molecule has 0 unspecified atom stereocenters. The quantitative estimate of drug-likeness (QED) is 0.196. The Hall–Kier alpha value is -4.71. The second-order valence-electron chi connectivity index (χ2n) is 7.80. The molecule has 1 saturated heterocycles. The number of hydrogen-bond donors (Lipinski definition) is 0. The van der Waals surface area contributed by atoms with Crippen LogP contribution in [0.3, 0.4) is 0 Å². The summed E-state index contributed by atoms with van der Waals surface area (Å²) >= 11 is 0.758. The van der Waals surface area contributed by atoms with E-state index in [1.807, 2.05) is 25.1 Å². The first-order chi connectivity index (χ1) is 17.7. The van der Waals surface area contributed by atoms with Crippen molar-refractivity contribution in [3.05, 3.63) is 103 Å². The molecule has 0 spiro atoms. The molecule has 12 heteroatoms. The third-order valence-corrected chi connectivity index (χ3v) is 6.13. The normalized spacial score (nSPS) is 14.2. The van der Waals surface area contributed by atoms with Gasteiger partial charge in [0.05, 0.1) is 27.4 Å². The summed E-state index contributed by atoms with van der Waals surface area (Å²) in [6, 6.07) is 16.9. The number of amides is 2. The fourth-order valence-corrected chi connectivity index (χ4v) is 4.31. The topological polar surface area (TPSA) is 142 Å². The highest BCUT2D eigenvalue weighted by Crippen LogP contribution is 2.38. The molecule has 3 aromatic rings. The number of carbonyl (C=O) groups excluding carboxylic acids is 2. The number of nitro groups is 2. The zero-order valence-corrected chi connectivity index (χ0v) is 20.2. The number of para-hydroxylation sites is 1. The van der Waals surface area contributed by atoms with Gasteiger partial charge in [-0.3, -0.25) is 34.7 Å². The van der Waals surface area contributed by atoms with E-state index in [-0.39, 0.29) is 29.6 Å². The van der Waals surface area contributed by atoms with Gasteiger partial charge in [-0.2, -0.15) is 0 Å². The molecule has 1 aliphatic heterocycles. The molecule has 1 heterocycles. The molecule has 188 valence electrons. The van der Waals surface area contributed by atoms with Gasteiger partial charge in [0, 0.05) is 11.6 Å². The molecular weight excluding hydrogens is 502 g/mol. The molecule has 1 aliphatic rings. The third kappa shape index (κ3) is 5.93. The zero-order valence-electron chi connectivity index (χ0n) is 19.4. The molecule has 37 heavy (non-hydrogen) atoms. The van der Waals surface area contributed by atoms with Crippen LogP contribution in [0.25, 0.3) is 6.08 Å². The lowest BCUT2D eigenvalue weighted by molar-refractivity contribution is -0.394. The summed E-state index contributed by atoms with van der Waals surface area (Å²) in [5.74, 6) is 0.0831. The second-order valence-corrected chi connectivity index (χ2v) is 8.80. The van der Waals surface area contributed by atoms with Crippen molar-refractivity contribution in [1.29, 1.82) is 0 Å². The average Bonchev–Trinajstić information content (AvgIpc) is 3.12. The molecule has 2 amide bonds. The Labute approximate surface area is 214 Å². The van der Waals surface area contributed by atoms with Gasteiger partial charge >= 0.3 is 5.69 Å². The van der Waals surface area contributed by atoms with E-state index >= 15 is 0 Å². The number of nitro benzene ring substituents is 2. The van der Waals surface area contributed by atoms with Crippen LogP contribution < -0.4 is 9.47 Å². The largest absolute Gasteiger partial charge is 0.492 e. The first-order valence-electron chi connectivity index (χ1n) is 10.9. The standard InChI is InChI=1S/C25H19N3O8S/c1-16-5-4-7-19(13-16)35-12-11-26-24(29)23(37-25(26)30)14-17-6-2-3-8-21(17)36-22-10-9-18(27(31)32)15-20(22)28(33)34/h2-10,13-15H,11-12H2,1H3/b23-14-. The van der Waals surface area contributed by atoms with Crippen LogP contribution in [0.1, 0.15) is 11.1 Å². The van der Waals surface area contributed by atoms with E-state index in [9.17, 15) is 29.8 Å². The van der Waals surface area contributed by atoms with Crippen LogP contribution in [0.2, 0.25) is 0 Å². The van der Waals surface area contributed by atoms with Crippen molar-refractivity contribution in [1.82, 2.24) is 4.90 Å². The maximum absolute atomic E-state index is 12.9. The molecular formula is C25H19N3O8S. The van der Waals surface area contributed by atoms with Crippen molar-refractivity contribution >= 4 is 40.4 Å². The Morgan fingerprint density at radius 2 is 1.73 bits per heavy atom. The summed E-state index contributed by atoms with van der Waals surface area (Å²) in [6.45, 7) is 2.11. The highest BCUT2D eigenvalue weighted by atomic mass is 32.2. The molecule has 0 aromatic heterocycles. The summed E-state index contributed by atoms with van der Waals surface area (Å²) < 4.78 is 11.4. The van der Waals surface area contributed by atoms with Crippen molar-refractivity contribution in [2.24, 2.45) is 0 Å². The number of rotatable bonds is 9. The van der Waals surface area contributed by atoms with Crippen molar-refractivity contribution in [3.63, 3.8) is 0 Å².